The molecule has 1 N–H and O–H groups in total. The van der Waals surface area contributed by atoms with E-state index in [4.69, 9.17) is 14.2 Å². The molecule has 0 radical (unpaired) electrons. The van der Waals surface area contributed by atoms with Crippen LogP contribution in [0.5, 0.6) is 11.5 Å². The molecule has 0 aromatic heterocycles. The van der Waals surface area contributed by atoms with Gasteiger partial charge in [-0.15, -0.1) is 0 Å². The van der Waals surface area contributed by atoms with Crippen molar-refractivity contribution >= 4 is 15.9 Å². The summed E-state index contributed by atoms with van der Waals surface area (Å²) in [7, 11) is 3.31. The summed E-state index contributed by atoms with van der Waals surface area (Å²) in [5.41, 5.74) is 1.15. The van der Waals surface area contributed by atoms with Gasteiger partial charge in [0.2, 0.25) is 0 Å². The second-order valence-corrected chi connectivity index (χ2v) is 5.10. The molecule has 0 amide bonds. The second kappa shape index (κ2) is 8.40. The van der Waals surface area contributed by atoms with E-state index in [0.29, 0.717) is 12.4 Å². The highest BCUT2D eigenvalue weighted by Crippen LogP contribution is 2.36. The Morgan fingerprint density at radius 3 is 2.63 bits per heavy atom. The Hall–Kier alpha value is -0.780. The molecule has 0 spiro atoms. The van der Waals surface area contributed by atoms with E-state index in [2.05, 4.69) is 28.2 Å². The lowest BCUT2D eigenvalue weighted by atomic mass is 10.2. The molecule has 1 unspecified atom stereocenters. The number of hydrogen-bond acceptors (Lipinski definition) is 4. The average Bonchev–Trinajstić information content (AvgIpc) is 2.42. The molecule has 1 aromatic rings. The molecule has 108 valence electrons. The number of ether oxygens (including phenoxy) is 3. The molecule has 0 bridgehead atoms. The molecular formula is C14H22BrNO3. The van der Waals surface area contributed by atoms with Gasteiger partial charge in [-0.1, -0.05) is 6.92 Å². The maximum atomic E-state index is 5.75. The first-order chi connectivity index (χ1) is 9.12. The van der Waals surface area contributed by atoms with Crippen molar-refractivity contribution in [1.82, 2.24) is 5.32 Å². The summed E-state index contributed by atoms with van der Waals surface area (Å²) < 4.78 is 17.2. The van der Waals surface area contributed by atoms with E-state index in [9.17, 15) is 0 Å². The third-order valence-electron chi connectivity index (χ3n) is 2.73. The molecule has 0 aliphatic carbocycles. The predicted octanol–water partition coefficient (Wildman–Crippen LogP) is 2.98. The molecule has 0 saturated carbocycles. The van der Waals surface area contributed by atoms with Gasteiger partial charge < -0.3 is 19.5 Å². The van der Waals surface area contributed by atoms with Crippen LogP contribution < -0.4 is 14.8 Å². The molecular weight excluding hydrogens is 310 g/mol. The minimum Gasteiger partial charge on any atom is -0.493 e. The normalized spacial score (nSPS) is 12.3. The van der Waals surface area contributed by atoms with Crippen molar-refractivity contribution in [2.24, 2.45) is 0 Å². The molecule has 19 heavy (non-hydrogen) atoms. The van der Waals surface area contributed by atoms with Crippen molar-refractivity contribution in [3.05, 3.63) is 22.2 Å². The molecule has 5 heteroatoms. The van der Waals surface area contributed by atoms with Crippen molar-refractivity contribution in [2.45, 2.75) is 26.5 Å². The zero-order valence-electron chi connectivity index (χ0n) is 12.0. The molecule has 0 saturated heterocycles. The Morgan fingerprint density at radius 2 is 2.05 bits per heavy atom. The Balaban J connectivity index is 2.85. The first-order valence-corrected chi connectivity index (χ1v) is 7.14. The zero-order chi connectivity index (χ0) is 14.3. The van der Waals surface area contributed by atoms with E-state index >= 15 is 0 Å². The van der Waals surface area contributed by atoms with Crippen LogP contribution in [0.4, 0.5) is 0 Å². The molecule has 1 atom stereocenters. The average molecular weight is 332 g/mol. The van der Waals surface area contributed by atoms with Crippen LogP contribution in [0.2, 0.25) is 0 Å². The Morgan fingerprint density at radius 1 is 1.32 bits per heavy atom. The van der Waals surface area contributed by atoms with Crippen molar-refractivity contribution in [2.75, 3.05) is 27.4 Å². The SMILES string of the molecule is CCNCc1cc(Br)c(OCC(C)OC)c(OC)c1. The highest BCUT2D eigenvalue weighted by Gasteiger charge is 2.13. The topological polar surface area (TPSA) is 39.7 Å². The van der Waals surface area contributed by atoms with Crippen LogP contribution in [0.1, 0.15) is 19.4 Å². The Kier molecular flexibility index (Phi) is 7.20. The maximum Gasteiger partial charge on any atom is 0.175 e. The van der Waals surface area contributed by atoms with Gasteiger partial charge in [0.05, 0.1) is 17.7 Å². The van der Waals surface area contributed by atoms with Crippen LogP contribution in [-0.4, -0.2) is 33.5 Å². The summed E-state index contributed by atoms with van der Waals surface area (Å²) in [6.45, 7) is 6.26. The van der Waals surface area contributed by atoms with Crippen LogP contribution in [0.15, 0.2) is 16.6 Å². The third-order valence-corrected chi connectivity index (χ3v) is 3.32. The Bertz CT molecular complexity index is 399. The molecule has 4 nitrogen and oxygen atoms in total. The lowest BCUT2D eigenvalue weighted by molar-refractivity contribution is 0.0703. The van der Waals surface area contributed by atoms with E-state index in [-0.39, 0.29) is 6.10 Å². The quantitative estimate of drug-likeness (QED) is 0.794. The maximum absolute atomic E-state index is 5.75. The number of halogens is 1. The predicted molar refractivity (Wildman–Crippen MR) is 80.0 cm³/mol. The van der Waals surface area contributed by atoms with Gasteiger partial charge in [-0.25, -0.2) is 0 Å². The molecule has 0 aliphatic rings. The van der Waals surface area contributed by atoms with E-state index in [1.54, 1.807) is 14.2 Å². The highest BCUT2D eigenvalue weighted by molar-refractivity contribution is 9.10. The lowest BCUT2D eigenvalue weighted by Gasteiger charge is -2.16. The van der Waals surface area contributed by atoms with Crippen LogP contribution in [-0.2, 0) is 11.3 Å². The first kappa shape index (κ1) is 16.3. The van der Waals surface area contributed by atoms with E-state index in [1.807, 2.05) is 19.1 Å². The van der Waals surface area contributed by atoms with Crippen LogP contribution in [0.3, 0.4) is 0 Å². The van der Waals surface area contributed by atoms with Crippen LogP contribution in [0, 0.1) is 0 Å². The summed E-state index contributed by atoms with van der Waals surface area (Å²) in [5, 5.41) is 3.28. The summed E-state index contributed by atoms with van der Waals surface area (Å²) in [6.07, 6.45) is 0.0399. The van der Waals surface area contributed by atoms with Gasteiger partial charge in [0.15, 0.2) is 11.5 Å². The number of methoxy groups -OCH3 is 2. The standard InChI is InChI=1S/C14H22BrNO3/c1-5-16-8-11-6-12(15)14(13(7-11)18-4)19-9-10(2)17-3/h6-7,10,16H,5,8-9H2,1-4H3. The highest BCUT2D eigenvalue weighted by atomic mass is 79.9. The third kappa shape index (κ3) is 5.01. The zero-order valence-corrected chi connectivity index (χ0v) is 13.5. The van der Waals surface area contributed by atoms with E-state index < -0.39 is 0 Å². The molecule has 1 aromatic carbocycles. The molecule has 0 fully saturated rings. The summed E-state index contributed by atoms with van der Waals surface area (Å²) >= 11 is 3.53. The van der Waals surface area contributed by atoms with E-state index in [0.717, 1.165) is 28.9 Å². The number of benzene rings is 1. The van der Waals surface area contributed by atoms with Gasteiger partial charge in [-0.05, 0) is 47.1 Å². The molecule has 0 heterocycles. The van der Waals surface area contributed by atoms with E-state index in [1.165, 1.54) is 0 Å². The second-order valence-electron chi connectivity index (χ2n) is 4.25. The first-order valence-electron chi connectivity index (χ1n) is 6.35. The van der Waals surface area contributed by atoms with Crippen molar-refractivity contribution in [3.63, 3.8) is 0 Å². The van der Waals surface area contributed by atoms with Crippen molar-refractivity contribution in [3.8, 4) is 11.5 Å². The number of rotatable bonds is 8. The van der Waals surface area contributed by atoms with Gasteiger partial charge in [0.25, 0.3) is 0 Å². The fraction of sp³-hybridized carbons (Fsp3) is 0.571. The summed E-state index contributed by atoms with van der Waals surface area (Å²) in [4.78, 5) is 0. The smallest absolute Gasteiger partial charge is 0.175 e. The van der Waals surface area contributed by atoms with Crippen molar-refractivity contribution < 1.29 is 14.2 Å². The fourth-order valence-corrected chi connectivity index (χ4v) is 2.16. The van der Waals surface area contributed by atoms with Gasteiger partial charge >= 0.3 is 0 Å². The summed E-state index contributed by atoms with van der Waals surface area (Å²) in [6, 6.07) is 4.03. The fourth-order valence-electron chi connectivity index (χ4n) is 1.55. The molecule has 0 aliphatic heterocycles. The minimum absolute atomic E-state index is 0.0399. The van der Waals surface area contributed by atoms with Gasteiger partial charge in [-0.3, -0.25) is 0 Å². The number of nitrogens with one attached hydrogen (secondary N) is 1. The Labute approximate surface area is 123 Å². The van der Waals surface area contributed by atoms with Gasteiger partial charge in [0.1, 0.15) is 6.61 Å². The van der Waals surface area contributed by atoms with Crippen LogP contribution in [0.25, 0.3) is 0 Å². The monoisotopic (exact) mass is 331 g/mol. The summed E-state index contributed by atoms with van der Waals surface area (Å²) in [5.74, 6) is 1.44. The lowest BCUT2D eigenvalue weighted by Crippen LogP contribution is -2.17. The van der Waals surface area contributed by atoms with Crippen molar-refractivity contribution in [1.29, 1.82) is 0 Å². The van der Waals surface area contributed by atoms with Gasteiger partial charge in [0, 0.05) is 13.7 Å². The largest absolute Gasteiger partial charge is 0.493 e. The van der Waals surface area contributed by atoms with Crippen LogP contribution >= 0.6 is 15.9 Å². The molecule has 1 rings (SSSR count). The van der Waals surface area contributed by atoms with Gasteiger partial charge in [-0.2, -0.15) is 0 Å². The minimum atomic E-state index is 0.0399. The number of hydrogen-bond donors (Lipinski definition) is 1.